The Bertz CT molecular complexity index is 69.1. The van der Waals surface area contributed by atoms with Crippen LogP contribution >= 0.6 is 0 Å². The zero-order valence-corrected chi connectivity index (χ0v) is 7.46. The van der Waals surface area contributed by atoms with Crippen LogP contribution in [0.1, 0.15) is 19.3 Å². The van der Waals surface area contributed by atoms with Gasteiger partial charge in [0.25, 0.3) is 0 Å². The van der Waals surface area contributed by atoms with Crippen molar-refractivity contribution in [2.75, 3.05) is 0 Å². The fourth-order valence-electron chi connectivity index (χ4n) is 0.575. The van der Waals surface area contributed by atoms with E-state index in [9.17, 15) is 13.2 Å². The number of rotatable bonds is 3. The van der Waals surface area contributed by atoms with Gasteiger partial charge < -0.3 is 0 Å². The molecular weight excluding hydrogens is 145 g/mol. The minimum Gasteiger partial charge on any atom is -0.171 e. The monoisotopic (exact) mass is 156 g/mol. The average molecular weight is 156 g/mol. The highest BCUT2D eigenvalue weighted by Gasteiger charge is 2.25. The molecule has 0 atom stereocenters. The van der Waals surface area contributed by atoms with Crippen molar-refractivity contribution >= 4 is 10.2 Å². The second-order valence-electron chi connectivity index (χ2n) is 2.07. The first-order valence-corrected chi connectivity index (χ1v) is 4.54. The maximum Gasteiger partial charge on any atom is 0.389 e. The minimum atomic E-state index is -3.93. The van der Waals surface area contributed by atoms with Crippen LogP contribution in [0, 0.1) is 0 Å². The number of halogens is 3. The van der Waals surface area contributed by atoms with E-state index in [1.54, 1.807) is 0 Å². The summed E-state index contributed by atoms with van der Waals surface area (Å²) in [6, 6.07) is 0.982. The molecule has 0 unspecified atom stereocenters. The molecule has 0 spiro atoms. The van der Waals surface area contributed by atoms with Crippen molar-refractivity contribution in [2.24, 2.45) is 0 Å². The van der Waals surface area contributed by atoms with Crippen LogP contribution in [0.15, 0.2) is 0 Å². The molecule has 0 aromatic rings. The SMILES string of the molecule is FC(F)(F)CCCC[SiH3]. The summed E-state index contributed by atoms with van der Waals surface area (Å²) in [6.07, 6.45) is -3.48. The standard InChI is InChI=1S/C5H11F3Si/c6-5(7,8)3-1-2-4-9/h1-4H2,9H3. The van der Waals surface area contributed by atoms with E-state index in [1.807, 2.05) is 0 Å². The van der Waals surface area contributed by atoms with E-state index in [0.717, 1.165) is 22.7 Å². The Kier molecular flexibility index (Phi) is 3.93. The maximum atomic E-state index is 11.4. The Labute approximate surface area is 55.9 Å². The van der Waals surface area contributed by atoms with Gasteiger partial charge in [-0.05, 0) is 6.42 Å². The zero-order chi connectivity index (χ0) is 7.33. The molecule has 0 nitrogen and oxygen atoms in total. The van der Waals surface area contributed by atoms with Crippen LogP contribution in [0.5, 0.6) is 0 Å². The molecule has 9 heavy (non-hydrogen) atoms. The minimum absolute atomic E-state index is 0.312. The van der Waals surface area contributed by atoms with Crippen molar-refractivity contribution in [1.29, 1.82) is 0 Å². The van der Waals surface area contributed by atoms with Crippen LogP contribution in [-0.2, 0) is 0 Å². The first kappa shape index (κ1) is 9.01. The Morgan fingerprint density at radius 1 is 1.11 bits per heavy atom. The topological polar surface area (TPSA) is 0 Å². The molecule has 0 radical (unpaired) electrons. The summed E-state index contributed by atoms with van der Waals surface area (Å²) < 4.78 is 34.2. The molecule has 0 aromatic heterocycles. The van der Waals surface area contributed by atoms with E-state index in [0.29, 0.717) is 6.42 Å². The van der Waals surface area contributed by atoms with E-state index in [2.05, 4.69) is 0 Å². The van der Waals surface area contributed by atoms with Gasteiger partial charge in [-0.2, -0.15) is 13.2 Å². The number of unbranched alkanes of at least 4 members (excludes halogenated alkanes) is 1. The Hall–Kier alpha value is 0.00688. The summed E-state index contributed by atoms with van der Waals surface area (Å²) >= 11 is 0. The molecule has 0 fully saturated rings. The van der Waals surface area contributed by atoms with Crippen molar-refractivity contribution in [3.8, 4) is 0 Å². The van der Waals surface area contributed by atoms with Gasteiger partial charge in [0.05, 0.1) is 0 Å². The molecular formula is C5H11F3Si. The third-order valence-corrected chi connectivity index (χ3v) is 1.77. The Morgan fingerprint density at radius 2 is 1.67 bits per heavy atom. The fourth-order valence-corrected chi connectivity index (χ4v) is 1.08. The van der Waals surface area contributed by atoms with Crippen molar-refractivity contribution in [1.82, 2.24) is 0 Å². The summed E-state index contributed by atoms with van der Waals surface area (Å²) in [4.78, 5) is 0. The molecule has 0 aliphatic rings. The van der Waals surface area contributed by atoms with Gasteiger partial charge in [-0.15, -0.1) is 0 Å². The zero-order valence-electron chi connectivity index (χ0n) is 5.46. The highest BCUT2D eigenvalue weighted by atomic mass is 28.1. The summed E-state index contributed by atoms with van der Waals surface area (Å²) in [7, 11) is 1.02. The number of hydrogen-bond donors (Lipinski definition) is 0. The van der Waals surface area contributed by atoms with Crippen LogP contribution in [0.4, 0.5) is 13.2 Å². The number of hydrogen-bond acceptors (Lipinski definition) is 0. The van der Waals surface area contributed by atoms with E-state index in [-0.39, 0.29) is 0 Å². The summed E-state index contributed by atoms with van der Waals surface area (Å²) in [6.45, 7) is 0. The lowest BCUT2D eigenvalue weighted by Gasteiger charge is -2.03. The van der Waals surface area contributed by atoms with Crippen LogP contribution in [-0.4, -0.2) is 16.4 Å². The highest BCUT2D eigenvalue weighted by Crippen LogP contribution is 2.22. The van der Waals surface area contributed by atoms with Gasteiger partial charge >= 0.3 is 6.18 Å². The predicted molar refractivity (Wildman–Crippen MR) is 34.7 cm³/mol. The van der Waals surface area contributed by atoms with Crippen molar-refractivity contribution in [3.05, 3.63) is 0 Å². The summed E-state index contributed by atoms with van der Waals surface area (Å²) in [5.74, 6) is 0. The van der Waals surface area contributed by atoms with Gasteiger partial charge in [0.2, 0.25) is 0 Å². The first-order valence-electron chi connectivity index (χ1n) is 3.13. The van der Waals surface area contributed by atoms with Gasteiger partial charge in [-0.1, -0.05) is 12.5 Å². The van der Waals surface area contributed by atoms with Gasteiger partial charge in [-0.25, -0.2) is 0 Å². The quantitative estimate of drug-likeness (QED) is 0.429. The van der Waals surface area contributed by atoms with Crippen LogP contribution < -0.4 is 0 Å². The molecule has 0 rings (SSSR count). The van der Waals surface area contributed by atoms with E-state index >= 15 is 0 Å². The summed E-state index contributed by atoms with van der Waals surface area (Å²) in [5, 5.41) is 0. The van der Waals surface area contributed by atoms with Crippen LogP contribution in [0.2, 0.25) is 6.04 Å². The molecule has 0 amide bonds. The molecule has 0 bridgehead atoms. The lowest BCUT2D eigenvalue weighted by Crippen LogP contribution is -2.05. The molecule has 0 aromatic carbocycles. The van der Waals surface area contributed by atoms with Crippen molar-refractivity contribution < 1.29 is 13.2 Å². The highest BCUT2D eigenvalue weighted by molar-refractivity contribution is 6.08. The molecule has 0 saturated carbocycles. The molecule has 0 N–H and O–H groups in total. The molecule has 0 aliphatic carbocycles. The van der Waals surface area contributed by atoms with Crippen LogP contribution in [0.25, 0.3) is 0 Å². The molecule has 4 heteroatoms. The third-order valence-electron chi connectivity index (χ3n) is 1.06. The van der Waals surface area contributed by atoms with Crippen molar-refractivity contribution in [2.45, 2.75) is 31.5 Å². The normalized spacial score (nSPS) is 12.3. The average Bonchev–Trinajstić information content (AvgIpc) is 1.63. The lowest BCUT2D eigenvalue weighted by atomic mass is 10.2. The Morgan fingerprint density at radius 3 is 2.00 bits per heavy atom. The van der Waals surface area contributed by atoms with Crippen LogP contribution in [0.3, 0.4) is 0 Å². The molecule has 0 saturated heterocycles. The van der Waals surface area contributed by atoms with Gasteiger partial charge in [-0.3, -0.25) is 0 Å². The van der Waals surface area contributed by atoms with E-state index < -0.39 is 12.6 Å². The van der Waals surface area contributed by atoms with E-state index in [1.165, 1.54) is 0 Å². The maximum absolute atomic E-state index is 11.4. The largest absolute Gasteiger partial charge is 0.389 e. The lowest BCUT2D eigenvalue weighted by molar-refractivity contribution is -0.135. The first-order chi connectivity index (χ1) is 4.06. The van der Waals surface area contributed by atoms with Gasteiger partial charge in [0, 0.05) is 16.7 Å². The summed E-state index contributed by atoms with van der Waals surface area (Å²) in [5.41, 5.74) is 0. The second kappa shape index (κ2) is 3.93. The fraction of sp³-hybridized carbons (Fsp3) is 1.00. The van der Waals surface area contributed by atoms with Gasteiger partial charge in [0.15, 0.2) is 0 Å². The molecule has 0 heterocycles. The molecule has 0 aliphatic heterocycles. The number of alkyl halides is 3. The van der Waals surface area contributed by atoms with Gasteiger partial charge in [0.1, 0.15) is 0 Å². The Balaban J connectivity index is 3.07. The molecule has 56 valence electrons. The second-order valence-corrected chi connectivity index (χ2v) is 3.07. The smallest absolute Gasteiger partial charge is 0.171 e. The van der Waals surface area contributed by atoms with E-state index in [4.69, 9.17) is 0 Å². The predicted octanol–water partition coefficient (Wildman–Crippen LogP) is 1.50. The van der Waals surface area contributed by atoms with Crippen molar-refractivity contribution in [3.63, 3.8) is 0 Å². The third kappa shape index (κ3) is 8.01.